The Morgan fingerprint density at radius 2 is 1.68 bits per heavy atom. The van der Waals surface area contributed by atoms with Crippen molar-refractivity contribution in [3.8, 4) is 11.5 Å². The highest BCUT2D eigenvalue weighted by Gasteiger charge is 2.12. The smallest absolute Gasteiger partial charge is 0.161 e. The van der Waals surface area contributed by atoms with Crippen molar-refractivity contribution in [2.45, 2.75) is 71.1 Å². The van der Waals surface area contributed by atoms with Crippen LogP contribution < -0.4 is 14.8 Å². The van der Waals surface area contributed by atoms with E-state index in [4.69, 9.17) is 21.1 Å². The summed E-state index contributed by atoms with van der Waals surface area (Å²) in [5.74, 6) is 1.58. The standard InChI is InChI=1S/C24H32ClNO2/c1-2-27-24-16-19(17-26-22-11-6-4-3-5-7-12-22)13-14-23(24)28-18-20-9-8-10-21(25)15-20/h8-10,13-16,22,26H,2-7,11-12,17-18H2,1H3. The molecule has 0 bridgehead atoms. The first-order chi connectivity index (χ1) is 13.7. The first kappa shape index (κ1) is 21.0. The van der Waals surface area contributed by atoms with Crippen molar-refractivity contribution in [1.29, 1.82) is 0 Å². The van der Waals surface area contributed by atoms with E-state index in [1.54, 1.807) is 0 Å². The van der Waals surface area contributed by atoms with Gasteiger partial charge in [-0.15, -0.1) is 0 Å². The summed E-state index contributed by atoms with van der Waals surface area (Å²) < 4.78 is 11.8. The zero-order chi connectivity index (χ0) is 19.6. The van der Waals surface area contributed by atoms with Crippen molar-refractivity contribution in [3.05, 3.63) is 58.6 Å². The van der Waals surface area contributed by atoms with E-state index in [-0.39, 0.29) is 0 Å². The second kappa shape index (κ2) is 11.3. The summed E-state index contributed by atoms with van der Waals surface area (Å²) in [4.78, 5) is 0. The second-order valence-corrected chi connectivity index (χ2v) is 7.99. The van der Waals surface area contributed by atoms with Gasteiger partial charge in [0.25, 0.3) is 0 Å². The molecule has 0 saturated heterocycles. The third kappa shape index (κ3) is 6.72. The molecule has 1 fully saturated rings. The number of hydrogen-bond donors (Lipinski definition) is 1. The van der Waals surface area contributed by atoms with Crippen LogP contribution in [0, 0.1) is 0 Å². The number of ether oxygens (including phenoxy) is 2. The number of halogens is 1. The van der Waals surface area contributed by atoms with E-state index < -0.39 is 0 Å². The average molecular weight is 402 g/mol. The minimum absolute atomic E-state index is 0.473. The molecule has 1 aliphatic carbocycles. The maximum atomic E-state index is 6.06. The molecule has 1 saturated carbocycles. The molecule has 1 N–H and O–H groups in total. The summed E-state index contributed by atoms with van der Waals surface area (Å²) in [6, 6.07) is 14.6. The molecule has 2 aromatic rings. The predicted molar refractivity (Wildman–Crippen MR) is 116 cm³/mol. The SMILES string of the molecule is CCOc1cc(CNC2CCCCCCC2)ccc1OCc1cccc(Cl)c1. The van der Waals surface area contributed by atoms with Crippen LogP contribution in [0.1, 0.15) is 63.0 Å². The molecule has 28 heavy (non-hydrogen) atoms. The molecule has 0 amide bonds. The minimum Gasteiger partial charge on any atom is -0.490 e. The third-order valence-corrected chi connectivity index (χ3v) is 5.53. The van der Waals surface area contributed by atoms with Crippen LogP contribution in [-0.4, -0.2) is 12.6 Å². The number of hydrogen-bond acceptors (Lipinski definition) is 3. The van der Waals surface area contributed by atoms with Crippen LogP contribution in [0.2, 0.25) is 5.02 Å². The molecule has 3 rings (SSSR count). The Morgan fingerprint density at radius 1 is 0.893 bits per heavy atom. The van der Waals surface area contributed by atoms with Gasteiger partial charge in [0.1, 0.15) is 6.61 Å². The van der Waals surface area contributed by atoms with Gasteiger partial charge in [-0.05, 0) is 55.2 Å². The number of nitrogens with one attached hydrogen (secondary N) is 1. The third-order valence-electron chi connectivity index (χ3n) is 5.29. The average Bonchev–Trinajstić information content (AvgIpc) is 2.67. The highest BCUT2D eigenvalue weighted by Crippen LogP contribution is 2.30. The van der Waals surface area contributed by atoms with Gasteiger partial charge in [-0.2, -0.15) is 0 Å². The fourth-order valence-electron chi connectivity index (χ4n) is 3.76. The lowest BCUT2D eigenvalue weighted by molar-refractivity contribution is 0.269. The zero-order valence-corrected chi connectivity index (χ0v) is 17.6. The second-order valence-electron chi connectivity index (χ2n) is 7.56. The van der Waals surface area contributed by atoms with Gasteiger partial charge in [0.05, 0.1) is 6.61 Å². The summed E-state index contributed by atoms with van der Waals surface area (Å²) >= 11 is 6.06. The topological polar surface area (TPSA) is 30.5 Å². The van der Waals surface area contributed by atoms with E-state index in [1.807, 2.05) is 37.3 Å². The molecule has 152 valence electrons. The van der Waals surface area contributed by atoms with Gasteiger partial charge in [0.2, 0.25) is 0 Å². The molecule has 1 aliphatic rings. The van der Waals surface area contributed by atoms with Crippen LogP contribution in [0.3, 0.4) is 0 Å². The Hall–Kier alpha value is -1.71. The van der Waals surface area contributed by atoms with Crippen LogP contribution in [0.4, 0.5) is 0 Å². The van der Waals surface area contributed by atoms with Crippen LogP contribution in [-0.2, 0) is 13.2 Å². The van der Waals surface area contributed by atoms with Gasteiger partial charge in [0, 0.05) is 17.6 Å². The summed E-state index contributed by atoms with van der Waals surface area (Å²) in [6.45, 7) is 3.97. The van der Waals surface area contributed by atoms with Crippen molar-refractivity contribution in [3.63, 3.8) is 0 Å². The molecule has 0 aromatic heterocycles. The van der Waals surface area contributed by atoms with Gasteiger partial charge in [0.15, 0.2) is 11.5 Å². The molecule has 2 aromatic carbocycles. The van der Waals surface area contributed by atoms with E-state index in [2.05, 4.69) is 17.4 Å². The van der Waals surface area contributed by atoms with Crippen LogP contribution >= 0.6 is 11.6 Å². The monoisotopic (exact) mass is 401 g/mol. The molecule has 4 heteroatoms. The summed E-state index contributed by atoms with van der Waals surface area (Å²) in [5, 5.41) is 4.47. The van der Waals surface area contributed by atoms with Crippen molar-refractivity contribution < 1.29 is 9.47 Å². The van der Waals surface area contributed by atoms with E-state index in [0.717, 1.165) is 28.6 Å². The van der Waals surface area contributed by atoms with E-state index in [9.17, 15) is 0 Å². The van der Waals surface area contributed by atoms with E-state index in [1.165, 1.54) is 50.5 Å². The van der Waals surface area contributed by atoms with Gasteiger partial charge >= 0.3 is 0 Å². The molecule has 0 atom stereocenters. The molecule has 0 unspecified atom stereocenters. The van der Waals surface area contributed by atoms with Crippen molar-refractivity contribution >= 4 is 11.6 Å². The zero-order valence-electron chi connectivity index (χ0n) is 16.9. The summed E-state index contributed by atoms with van der Waals surface area (Å²) in [7, 11) is 0. The van der Waals surface area contributed by atoms with Gasteiger partial charge in [-0.25, -0.2) is 0 Å². The van der Waals surface area contributed by atoms with Crippen molar-refractivity contribution in [2.75, 3.05) is 6.61 Å². The van der Waals surface area contributed by atoms with Gasteiger partial charge < -0.3 is 14.8 Å². The summed E-state index contributed by atoms with van der Waals surface area (Å²) in [6.07, 6.45) is 9.44. The minimum atomic E-state index is 0.473. The van der Waals surface area contributed by atoms with Crippen LogP contribution in [0.15, 0.2) is 42.5 Å². The predicted octanol–water partition coefficient (Wildman–Crippen LogP) is 6.52. The quantitative estimate of drug-likeness (QED) is 0.546. The highest BCUT2D eigenvalue weighted by molar-refractivity contribution is 6.30. The molecule has 0 spiro atoms. The van der Waals surface area contributed by atoms with Crippen molar-refractivity contribution in [1.82, 2.24) is 5.32 Å². The first-order valence-electron chi connectivity index (χ1n) is 10.6. The molecule has 0 radical (unpaired) electrons. The molecule has 0 heterocycles. The largest absolute Gasteiger partial charge is 0.490 e. The number of benzene rings is 2. The van der Waals surface area contributed by atoms with E-state index >= 15 is 0 Å². The lowest BCUT2D eigenvalue weighted by atomic mass is 9.96. The first-order valence-corrected chi connectivity index (χ1v) is 11.0. The Bertz CT molecular complexity index is 726. The summed E-state index contributed by atoms with van der Waals surface area (Å²) in [5.41, 5.74) is 2.28. The molecule has 3 nitrogen and oxygen atoms in total. The molecular formula is C24H32ClNO2. The Balaban J connectivity index is 1.59. The maximum absolute atomic E-state index is 6.06. The fraction of sp³-hybridized carbons (Fsp3) is 0.500. The molecular weight excluding hydrogens is 370 g/mol. The lowest BCUT2D eigenvalue weighted by Gasteiger charge is -2.21. The number of rotatable bonds is 8. The fourth-order valence-corrected chi connectivity index (χ4v) is 3.97. The van der Waals surface area contributed by atoms with E-state index in [0.29, 0.717) is 19.3 Å². The van der Waals surface area contributed by atoms with Gasteiger partial charge in [-0.3, -0.25) is 0 Å². The van der Waals surface area contributed by atoms with Crippen LogP contribution in [0.25, 0.3) is 0 Å². The highest BCUT2D eigenvalue weighted by atomic mass is 35.5. The Kier molecular flexibility index (Phi) is 8.50. The lowest BCUT2D eigenvalue weighted by Crippen LogP contribution is -2.29. The van der Waals surface area contributed by atoms with Crippen molar-refractivity contribution in [2.24, 2.45) is 0 Å². The normalized spacial score (nSPS) is 15.6. The Morgan fingerprint density at radius 3 is 2.43 bits per heavy atom. The van der Waals surface area contributed by atoms with Gasteiger partial charge in [-0.1, -0.05) is 61.9 Å². The molecule has 0 aliphatic heterocycles. The Labute approximate surface area is 174 Å². The van der Waals surface area contributed by atoms with Crippen LogP contribution in [0.5, 0.6) is 11.5 Å². The maximum Gasteiger partial charge on any atom is 0.161 e.